The zero-order chi connectivity index (χ0) is 17.7. The van der Waals surface area contributed by atoms with Crippen LogP contribution in [0.2, 0.25) is 5.02 Å². The topological polar surface area (TPSA) is 67.6 Å². The van der Waals surface area contributed by atoms with Gasteiger partial charge in [-0.1, -0.05) is 17.7 Å². The second kappa shape index (κ2) is 7.93. The van der Waals surface area contributed by atoms with Crippen molar-refractivity contribution >= 4 is 34.6 Å². The second-order valence-corrected chi connectivity index (χ2v) is 5.66. The van der Waals surface area contributed by atoms with Crippen molar-refractivity contribution in [3.63, 3.8) is 0 Å². The lowest BCUT2D eigenvalue weighted by Gasteiger charge is -2.24. The summed E-state index contributed by atoms with van der Waals surface area (Å²) in [7, 11) is 1.56. The van der Waals surface area contributed by atoms with Crippen LogP contribution >= 0.6 is 11.6 Å². The van der Waals surface area contributed by atoms with Gasteiger partial charge in [-0.15, -0.1) is 0 Å². The first-order chi connectivity index (χ1) is 11.5. The number of carbonyl (C=O) groups is 1. The van der Waals surface area contributed by atoms with Crippen molar-refractivity contribution in [3.05, 3.63) is 47.0 Å². The molecule has 0 aliphatic rings. The largest absolute Gasteiger partial charge is 0.497 e. The first-order valence-corrected chi connectivity index (χ1v) is 8.17. The van der Waals surface area contributed by atoms with Crippen LogP contribution in [-0.2, 0) is 0 Å². The van der Waals surface area contributed by atoms with Crippen molar-refractivity contribution in [3.8, 4) is 5.75 Å². The lowest BCUT2D eigenvalue weighted by molar-refractivity contribution is 0.102. The van der Waals surface area contributed by atoms with E-state index in [-0.39, 0.29) is 5.91 Å². The Morgan fingerprint density at radius 3 is 2.58 bits per heavy atom. The molecule has 5 nitrogen and oxygen atoms in total. The third kappa shape index (κ3) is 3.92. The molecule has 3 N–H and O–H groups in total. The van der Waals surface area contributed by atoms with E-state index in [1.165, 1.54) is 0 Å². The number of anilines is 3. The van der Waals surface area contributed by atoms with Gasteiger partial charge >= 0.3 is 0 Å². The van der Waals surface area contributed by atoms with Gasteiger partial charge in [0.15, 0.2) is 0 Å². The lowest BCUT2D eigenvalue weighted by atomic mass is 10.1. The molecule has 0 saturated carbocycles. The Bertz CT molecular complexity index is 730. The van der Waals surface area contributed by atoms with Crippen LogP contribution in [0.1, 0.15) is 24.2 Å². The average molecular weight is 348 g/mol. The van der Waals surface area contributed by atoms with Crippen molar-refractivity contribution < 1.29 is 9.53 Å². The summed E-state index contributed by atoms with van der Waals surface area (Å²) in [4.78, 5) is 14.6. The van der Waals surface area contributed by atoms with E-state index >= 15 is 0 Å². The van der Waals surface area contributed by atoms with Gasteiger partial charge in [0.2, 0.25) is 0 Å². The Morgan fingerprint density at radius 2 is 1.96 bits per heavy atom. The van der Waals surface area contributed by atoms with Crippen LogP contribution in [0.4, 0.5) is 17.1 Å². The smallest absolute Gasteiger partial charge is 0.255 e. The first kappa shape index (κ1) is 17.9. The molecule has 0 atom stereocenters. The Balaban J connectivity index is 2.31. The molecular formula is C18H22ClN3O2. The third-order valence-electron chi connectivity index (χ3n) is 3.80. The molecule has 0 heterocycles. The highest BCUT2D eigenvalue weighted by atomic mass is 35.5. The molecule has 0 unspecified atom stereocenters. The molecule has 0 spiro atoms. The van der Waals surface area contributed by atoms with Crippen LogP contribution in [0.5, 0.6) is 5.75 Å². The number of ether oxygens (including phenoxy) is 1. The van der Waals surface area contributed by atoms with Gasteiger partial charge in [0.1, 0.15) is 5.75 Å². The van der Waals surface area contributed by atoms with Crippen LogP contribution in [0, 0.1) is 0 Å². The number of hydrogen-bond acceptors (Lipinski definition) is 4. The minimum atomic E-state index is -0.258. The van der Waals surface area contributed by atoms with Gasteiger partial charge in [0.25, 0.3) is 5.91 Å². The highest BCUT2D eigenvalue weighted by Gasteiger charge is 2.14. The van der Waals surface area contributed by atoms with Crippen LogP contribution in [0.15, 0.2) is 36.4 Å². The number of nitrogens with two attached hydrogens (primary N) is 1. The monoisotopic (exact) mass is 347 g/mol. The molecule has 0 aromatic heterocycles. The summed E-state index contributed by atoms with van der Waals surface area (Å²) < 4.78 is 5.15. The van der Waals surface area contributed by atoms with Gasteiger partial charge in [-0.3, -0.25) is 4.79 Å². The number of benzene rings is 2. The quantitative estimate of drug-likeness (QED) is 0.774. The maximum atomic E-state index is 12.5. The summed E-state index contributed by atoms with van der Waals surface area (Å²) in [5.41, 5.74) is 8.53. The van der Waals surface area contributed by atoms with Crippen molar-refractivity contribution in [2.24, 2.45) is 0 Å². The number of carbonyl (C=O) groups excluding carboxylic acids is 1. The molecule has 6 heteroatoms. The summed E-state index contributed by atoms with van der Waals surface area (Å²) in [6, 6.07) is 10.4. The zero-order valence-electron chi connectivity index (χ0n) is 14.1. The van der Waals surface area contributed by atoms with E-state index in [4.69, 9.17) is 22.1 Å². The summed E-state index contributed by atoms with van der Waals surface area (Å²) in [5.74, 6) is 0.362. The number of halogens is 1. The fraction of sp³-hybridized carbons (Fsp3) is 0.278. The molecular weight excluding hydrogens is 326 g/mol. The van der Waals surface area contributed by atoms with Crippen LogP contribution in [0.3, 0.4) is 0 Å². The van der Waals surface area contributed by atoms with Crippen molar-refractivity contribution in [1.29, 1.82) is 0 Å². The first-order valence-electron chi connectivity index (χ1n) is 7.79. The number of nitrogens with zero attached hydrogens (tertiary/aromatic N) is 1. The predicted octanol–water partition coefficient (Wildman–Crippen LogP) is 4.03. The van der Waals surface area contributed by atoms with Crippen LogP contribution in [-0.4, -0.2) is 26.1 Å². The van der Waals surface area contributed by atoms with E-state index in [0.29, 0.717) is 27.7 Å². The predicted molar refractivity (Wildman–Crippen MR) is 100 cm³/mol. The number of methoxy groups -OCH3 is 1. The highest BCUT2D eigenvalue weighted by molar-refractivity contribution is 6.34. The molecule has 0 saturated heterocycles. The fourth-order valence-corrected chi connectivity index (χ4v) is 2.69. The highest BCUT2D eigenvalue weighted by Crippen LogP contribution is 2.33. The minimum absolute atomic E-state index is 0.258. The van der Waals surface area contributed by atoms with E-state index in [1.54, 1.807) is 37.4 Å². The van der Waals surface area contributed by atoms with Gasteiger partial charge in [0.05, 0.1) is 29.2 Å². The molecule has 128 valence electrons. The number of nitrogen functional groups attached to an aromatic ring is 1. The van der Waals surface area contributed by atoms with E-state index in [2.05, 4.69) is 10.2 Å². The molecule has 0 bridgehead atoms. The summed E-state index contributed by atoms with van der Waals surface area (Å²) in [6.07, 6.45) is 0. The van der Waals surface area contributed by atoms with Crippen molar-refractivity contribution in [1.82, 2.24) is 0 Å². The van der Waals surface area contributed by atoms with E-state index in [1.807, 2.05) is 19.9 Å². The molecule has 0 radical (unpaired) electrons. The fourth-order valence-electron chi connectivity index (χ4n) is 2.47. The normalized spacial score (nSPS) is 10.3. The summed E-state index contributed by atoms with van der Waals surface area (Å²) in [5, 5.41) is 3.24. The van der Waals surface area contributed by atoms with Crippen LogP contribution in [0.25, 0.3) is 0 Å². The average Bonchev–Trinajstić information content (AvgIpc) is 2.59. The van der Waals surface area contributed by atoms with Gasteiger partial charge in [-0.25, -0.2) is 0 Å². The van der Waals surface area contributed by atoms with Gasteiger partial charge < -0.3 is 20.7 Å². The number of amides is 1. The number of nitrogens with one attached hydrogen (secondary N) is 1. The molecule has 2 aromatic rings. The molecule has 1 amide bonds. The summed E-state index contributed by atoms with van der Waals surface area (Å²) >= 11 is 6.24. The van der Waals surface area contributed by atoms with Crippen LogP contribution < -0.4 is 20.7 Å². The standard InChI is InChI=1S/C18H22ClN3O2/c1-4-22(5-2)17-11-16(14(19)10-15(17)20)21-18(23)12-7-6-8-13(9-12)24-3/h6-11H,4-5,20H2,1-3H3,(H,21,23). The Kier molecular flexibility index (Phi) is 5.93. The van der Waals surface area contributed by atoms with E-state index in [9.17, 15) is 4.79 Å². The molecule has 2 aromatic carbocycles. The van der Waals surface area contributed by atoms with Gasteiger partial charge in [-0.2, -0.15) is 0 Å². The Labute approximate surface area is 147 Å². The maximum Gasteiger partial charge on any atom is 0.255 e. The summed E-state index contributed by atoms with van der Waals surface area (Å²) in [6.45, 7) is 5.72. The molecule has 0 fully saturated rings. The Hall–Kier alpha value is -2.40. The van der Waals surface area contributed by atoms with Gasteiger partial charge in [0, 0.05) is 18.7 Å². The van der Waals surface area contributed by atoms with Crippen molar-refractivity contribution in [2.45, 2.75) is 13.8 Å². The third-order valence-corrected chi connectivity index (χ3v) is 4.11. The van der Waals surface area contributed by atoms with E-state index in [0.717, 1.165) is 18.8 Å². The van der Waals surface area contributed by atoms with E-state index < -0.39 is 0 Å². The number of rotatable bonds is 6. The lowest BCUT2D eigenvalue weighted by Crippen LogP contribution is -2.23. The maximum absolute atomic E-state index is 12.5. The molecule has 0 aliphatic heterocycles. The van der Waals surface area contributed by atoms with Gasteiger partial charge in [-0.05, 0) is 44.2 Å². The molecule has 2 rings (SSSR count). The molecule has 24 heavy (non-hydrogen) atoms. The second-order valence-electron chi connectivity index (χ2n) is 5.25. The molecule has 0 aliphatic carbocycles. The van der Waals surface area contributed by atoms with Crippen molar-refractivity contribution in [2.75, 3.05) is 36.1 Å². The minimum Gasteiger partial charge on any atom is -0.497 e. The number of hydrogen-bond donors (Lipinski definition) is 2. The zero-order valence-corrected chi connectivity index (χ0v) is 14.9. The Morgan fingerprint density at radius 1 is 1.25 bits per heavy atom. The SMILES string of the molecule is CCN(CC)c1cc(NC(=O)c2cccc(OC)c2)c(Cl)cc1N.